The fraction of sp³-hybridized carbons (Fsp3) is 0.812. The summed E-state index contributed by atoms with van der Waals surface area (Å²) in [6.45, 7) is 4.53. The zero-order valence-electron chi connectivity index (χ0n) is 11.6. The third-order valence-electron chi connectivity index (χ3n) is 6.06. The molecule has 0 radical (unpaired) electrons. The predicted molar refractivity (Wildman–Crippen MR) is 72.6 cm³/mol. The van der Waals surface area contributed by atoms with Gasteiger partial charge in [0.2, 0.25) is 0 Å². The van der Waals surface area contributed by atoms with Crippen molar-refractivity contribution in [3.8, 4) is 0 Å². The summed E-state index contributed by atoms with van der Waals surface area (Å²) in [7, 11) is 0. The summed E-state index contributed by atoms with van der Waals surface area (Å²) >= 11 is 0. The van der Waals surface area contributed by atoms with Gasteiger partial charge in [0.15, 0.2) is 5.78 Å². The number of rotatable bonds is 0. The maximum Gasteiger partial charge on any atom is 0.167 e. The van der Waals surface area contributed by atoms with E-state index in [-0.39, 0.29) is 23.2 Å². The number of hydrogen-bond acceptors (Lipinski definition) is 3. The molecule has 0 amide bonds. The second-order valence-electron chi connectivity index (χ2n) is 7.05. The van der Waals surface area contributed by atoms with Crippen LogP contribution in [0.5, 0.6) is 0 Å². The Kier molecular flexibility index (Phi) is 2.50. The lowest BCUT2D eigenvalue weighted by Crippen LogP contribution is -2.70. The van der Waals surface area contributed by atoms with Gasteiger partial charge in [-0.1, -0.05) is 13.0 Å². The quantitative estimate of drug-likeness (QED) is 0.675. The summed E-state index contributed by atoms with van der Waals surface area (Å²) in [5.41, 5.74) is 1.42. The molecule has 1 N–H and O–H groups in total. The van der Waals surface area contributed by atoms with Crippen molar-refractivity contribution < 1.29 is 9.90 Å². The standard InChI is InChI=1S/C16H23NO2/c1-10-8-11-12-4-2-6-17-7-3-5-13(15(19)14(11)18)16(12,17)9-10/h4,10-11,13-14,18H,2-3,5-9H2,1H3/t10-,11+,13-,14+,16+/m1/s1. The summed E-state index contributed by atoms with van der Waals surface area (Å²) in [6.07, 6.45) is 6.92. The van der Waals surface area contributed by atoms with Crippen LogP contribution in [0.1, 0.15) is 39.0 Å². The highest BCUT2D eigenvalue weighted by Gasteiger charge is 2.62. The lowest BCUT2D eigenvalue weighted by Gasteiger charge is -2.63. The number of hydrogen-bond donors (Lipinski definition) is 1. The first-order chi connectivity index (χ1) is 9.14. The number of carbonyl (C=O) groups excluding carboxylic acids is 1. The zero-order chi connectivity index (χ0) is 13.2. The van der Waals surface area contributed by atoms with Gasteiger partial charge in [0.05, 0.1) is 5.54 Å². The van der Waals surface area contributed by atoms with Crippen LogP contribution in [-0.4, -0.2) is 40.5 Å². The minimum absolute atomic E-state index is 0.00481. The first kappa shape index (κ1) is 12.1. The minimum Gasteiger partial charge on any atom is -0.385 e. The number of aliphatic hydroxyl groups is 1. The average Bonchev–Trinajstić information content (AvgIpc) is 2.40. The Morgan fingerprint density at radius 3 is 3.11 bits per heavy atom. The van der Waals surface area contributed by atoms with Gasteiger partial charge in [-0.3, -0.25) is 9.69 Å². The van der Waals surface area contributed by atoms with Crippen molar-refractivity contribution in [1.29, 1.82) is 0 Å². The molecule has 2 bridgehead atoms. The topological polar surface area (TPSA) is 40.5 Å². The van der Waals surface area contributed by atoms with E-state index in [4.69, 9.17) is 0 Å². The van der Waals surface area contributed by atoms with Crippen molar-refractivity contribution in [2.45, 2.75) is 50.7 Å². The fourth-order valence-corrected chi connectivity index (χ4v) is 5.51. The predicted octanol–water partition coefficient (Wildman–Crippen LogP) is 1.76. The van der Waals surface area contributed by atoms with Crippen molar-refractivity contribution in [3.05, 3.63) is 11.6 Å². The molecule has 19 heavy (non-hydrogen) atoms. The molecule has 0 aromatic heterocycles. The van der Waals surface area contributed by atoms with Crippen LogP contribution in [0.25, 0.3) is 0 Å². The van der Waals surface area contributed by atoms with E-state index in [0.29, 0.717) is 5.92 Å². The SMILES string of the molecule is C[C@@H]1C[C@H]2C3=CCCN4CCC[C@H](C(=O)[C@H]2O)[C@]34C1. The van der Waals surface area contributed by atoms with Crippen LogP contribution < -0.4 is 0 Å². The number of Topliss-reactive ketones (excluding diaryl/α,β-unsaturated/α-hetero) is 1. The summed E-state index contributed by atoms with van der Waals surface area (Å²) < 4.78 is 0. The molecule has 2 saturated carbocycles. The van der Waals surface area contributed by atoms with Crippen molar-refractivity contribution in [1.82, 2.24) is 4.90 Å². The van der Waals surface area contributed by atoms with Gasteiger partial charge in [0, 0.05) is 18.4 Å². The molecule has 0 aromatic carbocycles. The Bertz CT molecular complexity index is 458. The van der Waals surface area contributed by atoms with Crippen molar-refractivity contribution >= 4 is 5.78 Å². The fourth-order valence-electron chi connectivity index (χ4n) is 5.51. The van der Waals surface area contributed by atoms with Crippen LogP contribution in [0, 0.1) is 17.8 Å². The number of nitrogens with zero attached hydrogens (tertiary/aromatic N) is 1. The zero-order valence-corrected chi connectivity index (χ0v) is 11.6. The molecule has 4 rings (SSSR count). The molecule has 2 aliphatic carbocycles. The van der Waals surface area contributed by atoms with Crippen LogP contribution >= 0.6 is 0 Å². The molecule has 4 aliphatic rings. The van der Waals surface area contributed by atoms with Crippen molar-refractivity contribution in [3.63, 3.8) is 0 Å². The van der Waals surface area contributed by atoms with E-state index in [9.17, 15) is 9.90 Å². The van der Waals surface area contributed by atoms with Gasteiger partial charge in [-0.15, -0.1) is 0 Å². The van der Waals surface area contributed by atoms with Gasteiger partial charge < -0.3 is 5.11 Å². The first-order valence-electron chi connectivity index (χ1n) is 7.82. The molecule has 1 saturated heterocycles. The Hall–Kier alpha value is -0.670. The molecule has 0 unspecified atom stereocenters. The molecule has 0 aromatic rings. The Morgan fingerprint density at radius 2 is 2.26 bits per heavy atom. The Labute approximate surface area is 114 Å². The average molecular weight is 261 g/mol. The monoisotopic (exact) mass is 261 g/mol. The number of piperidine rings is 1. The van der Waals surface area contributed by atoms with E-state index in [1.807, 2.05) is 0 Å². The summed E-state index contributed by atoms with van der Waals surface area (Å²) in [5, 5.41) is 10.4. The smallest absolute Gasteiger partial charge is 0.167 e. The van der Waals surface area contributed by atoms with E-state index in [1.54, 1.807) is 0 Å². The maximum atomic E-state index is 12.6. The lowest BCUT2D eigenvalue weighted by molar-refractivity contribution is -0.154. The van der Waals surface area contributed by atoms with Crippen LogP contribution in [0.3, 0.4) is 0 Å². The van der Waals surface area contributed by atoms with Crippen LogP contribution in [0.2, 0.25) is 0 Å². The van der Waals surface area contributed by atoms with E-state index < -0.39 is 6.10 Å². The molecular formula is C16H23NO2. The van der Waals surface area contributed by atoms with E-state index in [1.165, 1.54) is 5.57 Å². The van der Waals surface area contributed by atoms with Crippen LogP contribution in [-0.2, 0) is 4.79 Å². The van der Waals surface area contributed by atoms with Gasteiger partial charge in [0.1, 0.15) is 6.10 Å². The van der Waals surface area contributed by atoms with Crippen molar-refractivity contribution in [2.75, 3.05) is 13.1 Å². The van der Waals surface area contributed by atoms with Crippen LogP contribution in [0.4, 0.5) is 0 Å². The molecule has 5 atom stereocenters. The highest BCUT2D eigenvalue weighted by Crippen LogP contribution is 2.57. The first-order valence-corrected chi connectivity index (χ1v) is 7.82. The summed E-state index contributed by atoms with van der Waals surface area (Å²) in [4.78, 5) is 15.2. The van der Waals surface area contributed by atoms with E-state index in [0.717, 1.165) is 45.2 Å². The number of aliphatic hydroxyl groups excluding tert-OH is 1. The third kappa shape index (κ3) is 1.38. The Morgan fingerprint density at radius 1 is 1.42 bits per heavy atom. The van der Waals surface area contributed by atoms with Gasteiger partial charge in [-0.2, -0.15) is 0 Å². The Balaban J connectivity index is 1.90. The lowest BCUT2D eigenvalue weighted by atomic mass is 9.51. The molecule has 3 heteroatoms. The minimum atomic E-state index is -0.731. The molecule has 3 nitrogen and oxygen atoms in total. The van der Waals surface area contributed by atoms with Gasteiger partial charge >= 0.3 is 0 Å². The molecular weight excluding hydrogens is 238 g/mol. The maximum absolute atomic E-state index is 12.6. The highest BCUT2D eigenvalue weighted by molar-refractivity contribution is 5.90. The second kappa shape index (κ2) is 3.92. The molecule has 104 valence electrons. The van der Waals surface area contributed by atoms with Gasteiger partial charge in [-0.05, 0) is 50.1 Å². The van der Waals surface area contributed by atoms with E-state index >= 15 is 0 Å². The van der Waals surface area contributed by atoms with Crippen molar-refractivity contribution in [2.24, 2.45) is 17.8 Å². The van der Waals surface area contributed by atoms with Gasteiger partial charge in [0.25, 0.3) is 0 Å². The number of ketones is 1. The van der Waals surface area contributed by atoms with E-state index in [2.05, 4.69) is 17.9 Å². The number of carbonyl (C=O) groups is 1. The van der Waals surface area contributed by atoms with Gasteiger partial charge in [-0.25, -0.2) is 0 Å². The normalized spacial score (nSPS) is 49.6. The summed E-state index contributed by atoms with van der Waals surface area (Å²) in [5.74, 6) is 0.918. The molecule has 3 fully saturated rings. The second-order valence-corrected chi connectivity index (χ2v) is 7.05. The summed E-state index contributed by atoms with van der Waals surface area (Å²) in [6, 6.07) is 0. The largest absolute Gasteiger partial charge is 0.385 e. The van der Waals surface area contributed by atoms with Crippen LogP contribution in [0.15, 0.2) is 11.6 Å². The third-order valence-corrected chi connectivity index (χ3v) is 6.06. The highest BCUT2D eigenvalue weighted by atomic mass is 16.3. The molecule has 2 aliphatic heterocycles. The molecule has 2 heterocycles. The molecule has 1 spiro atoms.